The minimum atomic E-state index is -0.662. The predicted molar refractivity (Wildman–Crippen MR) is 109 cm³/mol. The van der Waals surface area contributed by atoms with Gasteiger partial charge in [0.15, 0.2) is 0 Å². The zero-order valence-electron chi connectivity index (χ0n) is 13.2. The first-order valence-electron chi connectivity index (χ1n) is 7.62. The van der Waals surface area contributed by atoms with Gasteiger partial charge in [-0.1, -0.05) is 98.1 Å². The van der Waals surface area contributed by atoms with E-state index in [1.807, 2.05) is 12.2 Å². The molecular formula is C21H21ClSi. The van der Waals surface area contributed by atoms with Crippen LogP contribution in [0.2, 0.25) is 5.54 Å². The van der Waals surface area contributed by atoms with Crippen molar-refractivity contribution in [2.24, 2.45) is 0 Å². The molecule has 0 nitrogen and oxygen atoms in total. The standard InChI is InChI=1S/C21H21ClSi/c1-3-17-5-9-19(10-6-17)13-15-21(23-22)16-14-20-11-7-18(4-2)8-12-20/h3-16,21H,1-2,23H2. The van der Waals surface area contributed by atoms with Crippen LogP contribution in [-0.2, 0) is 0 Å². The van der Waals surface area contributed by atoms with Gasteiger partial charge in [0.2, 0.25) is 0 Å². The summed E-state index contributed by atoms with van der Waals surface area (Å²) in [5.74, 6) is 0. The first-order chi connectivity index (χ1) is 11.2. The van der Waals surface area contributed by atoms with Crippen LogP contribution in [0.3, 0.4) is 0 Å². The molecule has 0 fully saturated rings. The lowest BCUT2D eigenvalue weighted by molar-refractivity contribution is 1.39. The maximum atomic E-state index is 6.21. The number of allylic oxidation sites excluding steroid dienone is 2. The fourth-order valence-electron chi connectivity index (χ4n) is 2.12. The lowest BCUT2D eigenvalue weighted by atomic mass is 10.1. The highest BCUT2D eigenvalue weighted by Gasteiger charge is 1.99. The van der Waals surface area contributed by atoms with E-state index in [2.05, 4.69) is 86.0 Å². The molecule has 0 aliphatic carbocycles. The summed E-state index contributed by atoms with van der Waals surface area (Å²) < 4.78 is 0. The Hall–Kier alpha value is -2.09. The minimum absolute atomic E-state index is 0.342. The fourth-order valence-corrected chi connectivity index (χ4v) is 3.22. The molecule has 2 aromatic carbocycles. The molecule has 0 amide bonds. The molecule has 0 aliphatic heterocycles. The predicted octanol–water partition coefficient (Wildman–Crippen LogP) is 5.81. The third-order valence-corrected chi connectivity index (χ3v) is 5.56. The van der Waals surface area contributed by atoms with Crippen molar-refractivity contribution in [1.82, 2.24) is 0 Å². The van der Waals surface area contributed by atoms with Crippen LogP contribution < -0.4 is 0 Å². The van der Waals surface area contributed by atoms with Crippen LogP contribution in [0.25, 0.3) is 24.3 Å². The number of hydrogen-bond donors (Lipinski definition) is 0. The largest absolute Gasteiger partial charge is 0.175 e. The van der Waals surface area contributed by atoms with Crippen LogP contribution in [0.5, 0.6) is 0 Å². The SMILES string of the molecule is C=Cc1ccc(C=CC(C=Cc2ccc(C=C)cc2)[SiH2]Cl)cc1. The molecule has 0 aliphatic rings. The van der Waals surface area contributed by atoms with E-state index < -0.39 is 8.83 Å². The quantitative estimate of drug-likeness (QED) is 0.442. The Balaban J connectivity index is 2.02. The summed E-state index contributed by atoms with van der Waals surface area (Å²) in [6, 6.07) is 16.6. The van der Waals surface area contributed by atoms with E-state index in [0.717, 1.165) is 11.1 Å². The highest BCUT2D eigenvalue weighted by atomic mass is 35.6. The topological polar surface area (TPSA) is 0 Å². The summed E-state index contributed by atoms with van der Waals surface area (Å²) in [6.45, 7) is 7.54. The highest BCUT2D eigenvalue weighted by Crippen LogP contribution is 2.16. The molecule has 0 saturated heterocycles. The first kappa shape index (κ1) is 17.3. The summed E-state index contributed by atoms with van der Waals surface area (Å²) in [5.41, 5.74) is 4.98. The number of hydrogen-bond acceptors (Lipinski definition) is 0. The lowest BCUT2D eigenvalue weighted by Gasteiger charge is -2.02. The zero-order valence-corrected chi connectivity index (χ0v) is 15.3. The molecule has 0 spiro atoms. The van der Waals surface area contributed by atoms with E-state index in [4.69, 9.17) is 11.1 Å². The second-order valence-electron chi connectivity index (χ2n) is 5.28. The van der Waals surface area contributed by atoms with E-state index in [1.165, 1.54) is 11.1 Å². The Morgan fingerprint density at radius 3 is 1.35 bits per heavy atom. The third-order valence-electron chi connectivity index (χ3n) is 3.59. The Bertz CT molecular complexity index is 632. The van der Waals surface area contributed by atoms with Crippen LogP contribution in [-0.4, -0.2) is 8.83 Å². The lowest BCUT2D eigenvalue weighted by Crippen LogP contribution is -1.89. The summed E-state index contributed by atoms with van der Waals surface area (Å²) in [4.78, 5) is 0. The number of benzene rings is 2. The highest BCUT2D eigenvalue weighted by molar-refractivity contribution is 6.95. The second-order valence-corrected chi connectivity index (χ2v) is 7.46. The van der Waals surface area contributed by atoms with Crippen molar-refractivity contribution in [3.8, 4) is 0 Å². The molecule has 0 bridgehead atoms. The Morgan fingerprint density at radius 1 is 0.696 bits per heavy atom. The molecule has 23 heavy (non-hydrogen) atoms. The Morgan fingerprint density at radius 2 is 1.04 bits per heavy atom. The maximum Gasteiger partial charge on any atom is 0.135 e. The van der Waals surface area contributed by atoms with Crippen molar-refractivity contribution in [3.05, 3.63) is 96.1 Å². The van der Waals surface area contributed by atoms with E-state index >= 15 is 0 Å². The van der Waals surface area contributed by atoms with Crippen molar-refractivity contribution < 1.29 is 0 Å². The fraction of sp³-hybridized carbons (Fsp3) is 0.0476. The van der Waals surface area contributed by atoms with Crippen LogP contribution in [0.4, 0.5) is 0 Å². The molecule has 0 aromatic heterocycles. The molecule has 116 valence electrons. The monoisotopic (exact) mass is 336 g/mol. The van der Waals surface area contributed by atoms with Gasteiger partial charge in [0.25, 0.3) is 0 Å². The molecule has 2 heteroatoms. The van der Waals surface area contributed by atoms with Crippen LogP contribution in [0, 0.1) is 0 Å². The summed E-state index contributed by atoms with van der Waals surface area (Å²) in [5, 5.41) is 0. The van der Waals surface area contributed by atoms with Crippen molar-refractivity contribution in [3.63, 3.8) is 0 Å². The van der Waals surface area contributed by atoms with Crippen LogP contribution in [0.1, 0.15) is 22.3 Å². The zero-order chi connectivity index (χ0) is 16.5. The van der Waals surface area contributed by atoms with Gasteiger partial charge in [-0.3, -0.25) is 0 Å². The first-order valence-corrected chi connectivity index (χ1v) is 10.6. The number of rotatable bonds is 7. The van der Waals surface area contributed by atoms with E-state index in [9.17, 15) is 0 Å². The third kappa shape index (κ3) is 5.55. The molecule has 0 unspecified atom stereocenters. The van der Waals surface area contributed by atoms with E-state index in [1.54, 1.807) is 0 Å². The second kappa shape index (κ2) is 9.14. The van der Waals surface area contributed by atoms with Crippen molar-refractivity contribution in [2.45, 2.75) is 5.54 Å². The average Bonchev–Trinajstić information content (AvgIpc) is 2.62. The Labute approximate surface area is 146 Å². The summed E-state index contributed by atoms with van der Waals surface area (Å²) in [7, 11) is -0.662. The molecule has 0 N–H and O–H groups in total. The summed E-state index contributed by atoms with van der Waals surface area (Å²) in [6.07, 6.45) is 12.4. The smallest absolute Gasteiger partial charge is 0.135 e. The van der Waals surface area contributed by atoms with Crippen molar-refractivity contribution in [1.29, 1.82) is 0 Å². The maximum absolute atomic E-state index is 6.21. The van der Waals surface area contributed by atoms with Gasteiger partial charge in [-0.05, 0) is 27.8 Å². The van der Waals surface area contributed by atoms with Crippen LogP contribution in [0.15, 0.2) is 73.8 Å². The summed E-state index contributed by atoms with van der Waals surface area (Å²) >= 11 is 6.21. The van der Waals surface area contributed by atoms with Gasteiger partial charge in [-0.15, -0.1) is 0 Å². The van der Waals surface area contributed by atoms with Gasteiger partial charge in [0.1, 0.15) is 8.83 Å². The van der Waals surface area contributed by atoms with Gasteiger partial charge < -0.3 is 0 Å². The molecule has 2 rings (SSSR count). The van der Waals surface area contributed by atoms with Gasteiger partial charge in [0.05, 0.1) is 0 Å². The molecule has 0 atom stereocenters. The minimum Gasteiger partial charge on any atom is -0.175 e. The van der Waals surface area contributed by atoms with Crippen LogP contribution >= 0.6 is 11.1 Å². The molecule has 0 saturated carbocycles. The molecular weight excluding hydrogens is 316 g/mol. The number of halogens is 1. The van der Waals surface area contributed by atoms with Crippen molar-refractivity contribution in [2.75, 3.05) is 0 Å². The van der Waals surface area contributed by atoms with E-state index in [-0.39, 0.29) is 0 Å². The molecule has 2 aromatic rings. The molecule has 0 heterocycles. The van der Waals surface area contributed by atoms with Gasteiger partial charge in [0, 0.05) is 0 Å². The average molecular weight is 337 g/mol. The Kier molecular flexibility index (Phi) is 6.86. The van der Waals surface area contributed by atoms with Gasteiger partial charge >= 0.3 is 0 Å². The van der Waals surface area contributed by atoms with E-state index in [0.29, 0.717) is 5.54 Å². The van der Waals surface area contributed by atoms with Crippen molar-refractivity contribution >= 4 is 44.2 Å². The molecule has 0 radical (unpaired) electrons. The normalized spacial score (nSPS) is 13.1. The van der Waals surface area contributed by atoms with Gasteiger partial charge in [-0.25, -0.2) is 0 Å². The van der Waals surface area contributed by atoms with Gasteiger partial charge in [-0.2, -0.15) is 11.1 Å².